The van der Waals surface area contributed by atoms with Crippen LogP contribution in [0.5, 0.6) is 0 Å². The van der Waals surface area contributed by atoms with E-state index in [0.717, 1.165) is 23.3 Å². The summed E-state index contributed by atoms with van der Waals surface area (Å²) in [6.45, 7) is 2.93. The first-order valence-corrected chi connectivity index (χ1v) is 9.56. The van der Waals surface area contributed by atoms with Gasteiger partial charge in [-0.1, -0.05) is 0 Å². The van der Waals surface area contributed by atoms with Crippen molar-refractivity contribution in [2.75, 3.05) is 45.2 Å². The molecule has 1 aromatic rings. The highest BCUT2D eigenvalue weighted by Gasteiger charge is 2.35. The van der Waals surface area contributed by atoms with Gasteiger partial charge in [0.05, 0.1) is 26.4 Å². The van der Waals surface area contributed by atoms with E-state index < -0.39 is 11.7 Å². The molecule has 1 aromatic carbocycles. The number of nitrogens with zero attached hydrogens (tertiary/aromatic N) is 3. The Kier molecular flexibility index (Phi) is 4.55. The molecule has 4 nitrogen and oxygen atoms in total. The van der Waals surface area contributed by atoms with Gasteiger partial charge in [0.15, 0.2) is 0 Å². The molecule has 0 unspecified atom stereocenters. The van der Waals surface area contributed by atoms with E-state index in [-0.39, 0.29) is 5.52 Å². The molecule has 0 spiro atoms. The second-order valence-corrected chi connectivity index (χ2v) is 7.92. The highest BCUT2D eigenvalue weighted by Crippen LogP contribution is 2.40. The largest absolute Gasteiger partial charge is 0.418 e. The lowest BCUT2D eigenvalue weighted by Gasteiger charge is -2.30. The summed E-state index contributed by atoms with van der Waals surface area (Å²) in [5, 5.41) is 4.22. The molecule has 4 rings (SSSR count). The molecule has 1 fully saturated rings. The summed E-state index contributed by atoms with van der Waals surface area (Å²) in [6, 6.07) is 8.71. The second kappa shape index (κ2) is 6.76. The fourth-order valence-electron chi connectivity index (χ4n) is 3.30. The van der Waals surface area contributed by atoms with Gasteiger partial charge in [0, 0.05) is 44.0 Å². The van der Waals surface area contributed by atoms with Crippen molar-refractivity contribution in [1.29, 1.82) is 0 Å². The van der Waals surface area contributed by atoms with Crippen molar-refractivity contribution in [1.82, 2.24) is 14.9 Å². The Morgan fingerprint density at radius 2 is 1.85 bits per heavy atom. The zero-order chi connectivity index (χ0) is 19.2. The molecule has 1 saturated heterocycles. The molecule has 2 heterocycles. The van der Waals surface area contributed by atoms with E-state index in [0.29, 0.717) is 29.2 Å². The van der Waals surface area contributed by atoms with Crippen LogP contribution in [-0.2, 0) is 6.18 Å². The number of fused-ring (bicyclic) bond motifs is 2. The number of halogens is 3. The van der Waals surface area contributed by atoms with Crippen molar-refractivity contribution >= 4 is 27.2 Å². The van der Waals surface area contributed by atoms with Gasteiger partial charge in [0.25, 0.3) is 0 Å². The smallest absolute Gasteiger partial charge is 0.369 e. The first kappa shape index (κ1) is 18.2. The van der Waals surface area contributed by atoms with Crippen molar-refractivity contribution in [3.05, 3.63) is 41.3 Å². The lowest BCUT2D eigenvalue weighted by molar-refractivity contribution is -0.136. The maximum Gasteiger partial charge on any atom is 0.418 e. The first-order chi connectivity index (χ1) is 12.8. The van der Waals surface area contributed by atoms with E-state index >= 15 is 0 Å². The number of hydrogen-bond acceptors (Lipinski definition) is 4. The molecule has 3 aliphatic rings. The molecule has 142 valence electrons. The average molecular weight is 393 g/mol. The van der Waals surface area contributed by atoms with Crippen LogP contribution in [0, 0.1) is 0 Å². The molecule has 1 N–H and O–H groups in total. The molecule has 2 aliphatic heterocycles. The van der Waals surface area contributed by atoms with Gasteiger partial charge in [0.1, 0.15) is 14.1 Å². The SMILES string of the molecule is C[N+](C)=c1ccc2nc3c(C(F)(F)F)cc(N4CCNCC4)cc3sc-2c1. The quantitative estimate of drug-likeness (QED) is 0.510. The predicted octanol–water partition coefficient (Wildman–Crippen LogP) is 2.86. The van der Waals surface area contributed by atoms with E-state index in [4.69, 9.17) is 0 Å². The summed E-state index contributed by atoms with van der Waals surface area (Å²) in [5.41, 5.74) is 0.552. The number of rotatable bonds is 1. The van der Waals surface area contributed by atoms with Crippen LogP contribution in [0.25, 0.3) is 20.8 Å². The van der Waals surface area contributed by atoms with E-state index in [9.17, 15) is 13.2 Å². The number of nitrogens with one attached hydrogen (secondary N) is 1. The molecule has 0 aromatic heterocycles. The zero-order valence-corrected chi connectivity index (χ0v) is 15.9. The third-order valence-corrected chi connectivity index (χ3v) is 5.84. The van der Waals surface area contributed by atoms with Gasteiger partial charge in [-0.2, -0.15) is 13.2 Å². The molecule has 0 bridgehead atoms. The highest BCUT2D eigenvalue weighted by atomic mass is 32.1. The van der Waals surface area contributed by atoms with Crippen LogP contribution in [0.15, 0.2) is 30.3 Å². The molecule has 1 aliphatic carbocycles. The van der Waals surface area contributed by atoms with Crippen molar-refractivity contribution in [2.45, 2.75) is 6.18 Å². The molecule has 27 heavy (non-hydrogen) atoms. The highest BCUT2D eigenvalue weighted by molar-refractivity contribution is 7.21. The van der Waals surface area contributed by atoms with Crippen molar-refractivity contribution in [3.63, 3.8) is 0 Å². The van der Waals surface area contributed by atoms with E-state index in [2.05, 4.69) is 10.3 Å². The molecule has 0 atom stereocenters. The Bertz CT molecular complexity index is 1030. The Morgan fingerprint density at radius 3 is 2.52 bits per heavy atom. The Hall–Kier alpha value is -2.19. The van der Waals surface area contributed by atoms with Crippen LogP contribution in [0.3, 0.4) is 0 Å². The first-order valence-electron chi connectivity index (χ1n) is 8.75. The fourth-order valence-corrected chi connectivity index (χ4v) is 4.37. The topological polar surface area (TPSA) is 31.2 Å². The van der Waals surface area contributed by atoms with Gasteiger partial charge >= 0.3 is 6.18 Å². The standard InChI is InChI=1S/C19H20F3N4S/c1-25(2)12-3-4-15-16(10-12)27-17-11-13(26-7-5-23-6-8-26)9-14(18(17)24-15)19(20,21)22/h3-4,9-11,23H,5-8H2,1-2H3/q+1. The third-order valence-electron chi connectivity index (χ3n) is 4.76. The number of anilines is 1. The lowest BCUT2D eigenvalue weighted by Crippen LogP contribution is -2.43. The summed E-state index contributed by atoms with van der Waals surface area (Å²) >= 11 is 1.36. The van der Waals surface area contributed by atoms with Gasteiger partial charge in [-0.05, 0) is 18.2 Å². The van der Waals surface area contributed by atoms with Crippen LogP contribution >= 0.6 is 11.3 Å². The third kappa shape index (κ3) is 3.51. The van der Waals surface area contributed by atoms with Crippen molar-refractivity contribution in [2.24, 2.45) is 0 Å². The number of benzene rings is 2. The maximum absolute atomic E-state index is 13.8. The average Bonchev–Trinajstić information content (AvgIpc) is 2.64. The number of hydrogen-bond donors (Lipinski definition) is 1. The molecular weight excluding hydrogens is 373 g/mol. The van der Waals surface area contributed by atoms with Gasteiger partial charge in [0.2, 0.25) is 5.36 Å². The van der Waals surface area contributed by atoms with Gasteiger partial charge in [-0.3, -0.25) is 0 Å². The number of alkyl halides is 3. The molecule has 0 saturated carbocycles. The van der Waals surface area contributed by atoms with Crippen LogP contribution in [0.4, 0.5) is 18.9 Å². The lowest BCUT2D eigenvalue weighted by atomic mass is 10.1. The molecule has 8 heteroatoms. The van der Waals surface area contributed by atoms with E-state index in [1.165, 1.54) is 17.4 Å². The van der Waals surface area contributed by atoms with Crippen molar-refractivity contribution in [3.8, 4) is 10.6 Å². The number of piperazine rings is 1. The normalized spacial score (nSPS) is 15.5. The summed E-state index contributed by atoms with van der Waals surface area (Å²) in [5.74, 6) is 0. The van der Waals surface area contributed by atoms with Crippen LogP contribution in [-0.4, -0.2) is 45.3 Å². The van der Waals surface area contributed by atoms with E-state index in [1.807, 2.05) is 41.8 Å². The van der Waals surface area contributed by atoms with Crippen LogP contribution in [0.2, 0.25) is 0 Å². The zero-order valence-electron chi connectivity index (χ0n) is 15.1. The van der Waals surface area contributed by atoms with Gasteiger partial charge in [-0.15, -0.1) is 11.3 Å². The maximum atomic E-state index is 13.8. The monoisotopic (exact) mass is 393 g/mol. The molecular formula is C19H20F3N4S+. The minimum absolute atomic E-state index is 0.0245. The van der Waals surface area contributed by atoms with Crippen LogP contribution < -0.4 is 20.1 Å². The van der Waals surface area contributed by atoms with Crippen LogP contribution in [0.1, 0.15) is 5.56 Å². The summed E-state index contributed by atoms with van der Waals surface area (Å²) in [4.78, 5) is 7.24. The summed E-state index contributed by atoms with van der Waals surface area (Å²) in [7, 11) is 3.87. The second-order valence-electron chi connectivity index (χ2n) is 6.84. The minimum atomic E-state index is -4.45. The van der Waals surface area contributed by atoms with E-state index in [1.54, 1.807) is 6.07 Å². The molecule has 0 radical (unpaired) electrons. The Morgan fingerprint density at radius 1 is 1.11 bits per heavy atom. The Labute approximate surface area is 158 Å². The Balaban J connectivity index is 1.99. The fraction of sp³-hybridized carbons (Fsp3) is 0.368. The minimum Gasteiger partial charge on any atom is -0.369 e. The molecule has 0 amide bonds. The summed E-state index contributed by atoms with van der Waals surface area (Å²) < 4.78 is 43.8. The number of aromatic nitrogens is 1. The predicted molar refractivity (Wildman–Crippen MR) is 103 cm³/mol. The van der Waals surface area contributed by atoms with Crippen molar-refractivity contribution < 1.29 is 13.2 Å². The summed E-state index contributed by atoms with van der Waals surface area (Å²) in [6.07, 6.45) is -4.45. The van der Waals surface area contributed by atoms with Gasteiger partial charge in [-0.25, -0.2) is 9.56 Å². The van der Waals surface area contributed by atoms with Gasteiger partial charge < -0.3 is 10.2 Å².